The lowest BCUT2D eigenvalue weighted by Crippen LogP contribution is -2.47. The number of aromatic nitrogens is 2. The normalized spacial score (nSPS) is 17.9. The molecule has 0 amide bonds. The van der Waals surface area contributed by atoms with Crippen LogP contribution >= 0.6 is 0 Å². The number of hydrogen-bond donors (Lipinski definition) is 2. The van der Waals surface area contributed by atoms with Crippen molar-refractivity contribution in [2.75, 3.05) is 6.54 Å². The lowest BCUT2D eigenvalue weighted by atomic mass is 9.69. The molecule has 7 nitrogen and oxygen atoms in total. The summed E-state index contributed by atoms with van der Waals surface area (Å²) in [5.74, 6) is -0.944. The number of aliphatic carboxylic acids is 1. The zero-order chi connectivity index (χ0) is 14.1. The molecule has 2 rings (SSSR count). The highest BCUT2D eigenvalue weighted by molar-refractivity contribution is 7.89. The smallest absolute Gasteiger partial charge is 0.310 e. The molecule has 2 N–H and O–H groups in total. The molecule has 0 aliphatic heterocycles. The van der Waals surface area contributed by atoms with E-state index in [4.69, 9.17) is 5.11 Å². The number of carboxylic acids is 1. The predicted molar refractivity (Wildman–Crippen MR) is 67.0 cm³/mol. The summed E-state index contributed by atoms with van der Waals surface area (Å²) in [6.07, 6.45) is 4.70. The topological polar surface area (TPSA) is 101 Å². The van der Waals surface area contributed by atoms with Gasteiger partial charge in [0.25, 0.3) is 10.0 Å². The number of carbonyl (C=O) groups is 1. The Morgan fingerprint density at radius 2 is 2.26 bits per heavy atom. The molecule has 0 saturated heterocycles. The third-order valence-electron chi connectivity index (χ3n) is 3.61. The van der Waals surface area contributed by atoms with Gasteiger partial charge in [-0.2, -0.15) is 0 Å². The van der Waals surface area contributed by atoms with E-state index in [-0.39, 0.29) is 11.6 Å². The Morgan fingerprint density at radius 3 is 2.68 bits per heavy atom. The summed E-state index contributed by atoms with van der Waals surface area (Å²) in [4.78, 5) is 15.0. The molecule has 0 aromatic carbocycles. The lowest BCUT2D eigenvalue weighted by Gasteiger charge is -2.37. The fraction of sp³-hybridized carbons (Fsp3) is 0.636. The molecule has 1 heterocycles. The number of rotatable bonds is 6. The van der Waals surface area contributed by atoms with Crippen molar-refractivity contribution in [3.63, 3.8) is 0 Å². The van der Waals surface area contributed by atoms with E-state index in [0.29, 0.717) is 19.4 Å². The van der Waals surface area contributed by atoms with Crippen molar-refractivity contribution in [2.24, 2.45) is 5.41 Å². The molecule has 19 heavy (non-hydrogen) atoms. The highest BCUT2D eigenvalue weighted by atomic mass is 32.2. The SMILES string of the molecule is CCn1cnc(S(=O)(=O)NCC2(C(=O)O)CCC2)c1. The lowest BCUT2D eigenvalue weighted by molar-refractivity contribution is -0.153. The molecule has 0 bridgehead atoms. The van der Waals surface area contributed by atoms with Gasteiger partial charge in [0.1, 0.15) is 0 Å². The van der Waals surface area contributed by atoms with Crippen molar-refractivity contribution in [3.8, 4) is 0 Å². The standard InChI is InChI=1S/C11H17N3O4S/c1-2-14-6-9(12-8-14)19(17,18)13-7-11(10(15)16)4-3-5-11/h6,8,13H,2-5,7H2,1H3,(H,15,16). The van der Waals surface area contributed by atoms with Gasteiger partial charge < -0.3 is 9.67 Å². The first-order valence-electron chi connectivity index (χ1n) is 6.14. The number of hydrogen-bond acceptors (Lipinski definition) is 4. The maximum Gasteiger partial charge on any atom is 0.310 e. The summed E-state index contributed by atoms with van der Waals surface area (Å²) in [6.45, 7) is 2.42. The molecular formula is C11H17N3O4S. The molecule has 1 aliphatic rings. The zero-order valence-corrected chi connectivity index (χ0v) is 11.5. The van der Waals surface area contributed by atoms with Crippen molar-refractivity contribution in [2.45, 2.75) is 37.8 Å². The summed E-state index contributed by atoms with van der Waals surface area (Å²) in [7, 11) is -3.74. The average molecular weight is 287 g/mol. The summed E-state index contributed by atoms with van der Waals surface area (Å²) in [5, 5.41) is 9.06. The van der Waals surface area contributed by atoms with Gasteiger partial charge >= 0.3 is 5.97 Å². The van der Waals surface area contributed by atoms with Crippen LogP contribution in [0, 0.1) is 5.41 Å². The monoisotopic (exact) mass is 287 g/mol. The van der Waals surface area contributed by atoms with Gasteiger partial charge in [0.2, 0.25) is 0 Å². The van der Waals surface area contributed by atoms with Gasteiger partial charge in [0.05, 0.1) is 11.7 Å². The van der Waals surface area contributed by atoms with Crippen LogP contribution in [0.15, 0.2) is 17.6 Å². The first kappa shape index (κ1) is 14.0. The van der Waals surface area contributed by atoms with E-state index >= 15 is 0 Å². The van der Waals surface area contributed by atoms with Crippen molar-refractivity contribution >= 4 is 16.0 Å². The minimum Gasteiger partial charge on any atom is -0.481 e. The number of aryl methyl sites for hydroxylation is 1. The summed E-state index contributed by atoms with van der Waals surface area (Å²) in [5.41, 5.74) is -0.944. The van der Waals surface area contributed by atoms with Gasteiger partial charge in [-0.05, 0) is 19.8 Å². The molecule has 0 spiro atoms. The summed E-state index contributed by atoms with van der Waals surface area (Å²) < 4.78 is 28.0. The van der Waals surface area contributed by atoms with E-state index in [9.17, 15) is 13.2 Å². The van der Waals surface area contributed by atoms with Gasteiger partial charge in [0.15, 0.2) is 5.03 Å². The zero-order valence-electron chi connectivity index (χ0n) is 10.7. The van der Waals surface area contributed by atoms with Crippen LogP contribution in [0.4, 0.5) is 0 Å². The molecule has 106 valence electrons. The number of carboxylic acid groups (broad SMARTS) is 1. The second kappa shape index (κ2) is 4.93. The number of nitrogens with one attached hydrogen (secondary N) is 1. The largest absolute Gasteiger partial charge is 0.481 e. The first-order valence-corrected chi connectivity index (χ1v) is 7.63. The van der Waals surface area contributed by atoms with Crippen LogP contribution in [-0.2, 0) is 21.4 Å². The quantitative estimate of drug-likeness (QED) is 0.790. The Bertz CT molecular complexity index is 575. The van der Waals surface area contributed by atoms with E-state index in [0.717, 1.165) is 6.42 Å². The minimum absolute atomic E-state index is 0.0748. The van der Waals surface area contributed by atoms with Crippen LogP contribution in [-0.4, -0.2) is 35.6 Å². The highest BCUT2D eigenvalue weighted by Gasteiger charge is 2.45. The Kier molecular flexibility index (Phi) is 3.64. The van der Waals surface area contributed by atoms with Crippen LogP contribution < -0.4 is 4.72 Å². The molecule has 0 atom stereocenters. The molecular weight excluding hydrogens is 270 g/mol. The molecule has 1 aromatic rings. The van der Waals surface area contributed by atoms with Crippen molar-refractivity contribution < 1.29 is 18.3 Å². The summed E-state index contributed by atoms with van der Waals surface area (Å²) >= 11 is 0. The van der Waals surface area contributed by atoms with Gasteiger partial charge in [-0.15, -0.1) is 0 Å². The molecule has 1 fully saturated rings. The van der Waals surface area contributed by atoms with E-state index < -0.39 is 21.4 Å². The second-order valence-corrected chi connectivity index (χ2v) is 6.52. The van der Waals surface area contributed by atoms with E-state index in [1.165, 1.54) is 12.5 Å². The Morgan fingerprint density at radius 1 is 1.58 bits per heavy atom. The maximum absolute atomic E-state index is 12.0. The molecule has 1 aromatic heterocycles. The van der Waals surface area contributed by atoms with Gasteiger partial charge in [-0.3, -0.25) is 4.79 Å². The van der Waals surface area contributed by atoms with Gasteiger partial charge in [-0.25, -0.2) is 18.1 Å². The fourth-order valence-electron chi connectivity index (χ4n) is 2.03. The van der Waals surface area contributed by atoms with Crippen LogP contribution in [0.2, 0.25) is 0 Å². The highest BCUT2D eigenvalue weighted by Crippen LogP contribution is 2.40. The van der Waals surface area contributed by atoms with Crippen LogP contribution in [0.25, 0.3) is 0 Å². The van der Waals surface area contributed by atoms with E-state index in [1.54, 1.807) is 4.57 Å². The van der Waals surface area contributed by atoms with Crippen LogP contribution in [0.5, 0.6) is 0 Å². The maximum atomic E-state index is 12.0. The third kappa shape index (κ3) is 2.64. The number of imidazole rings is 1. The summed E-state index contributed by atoms with van der Waals surface area (Å²) in [6, 6.07) is 0. The average Bonchev–Trinajstić information content (AvgIpc) is 2.76. The molecule has 1 saturated carbocycles. The van der Waals surface area contributed by atoms with Gasteiger partial charge in [0, 0.05) is 19.3 Å². The van der Waals surface area contributed by atoms with Crippen LogP contribution in [0.3, 0.4) is 0 Å². The fourth-order valence-corrected chi connectivity index (χ4v) is 3.10. The van der Waals surface area contributed by atoms with E-state index in [1.807, 2.05) is 6.92 Å². The molecule has 8 heteroatoms. The Balaban J connectivity index is 2.07. The second-order valence-electron chi connectivity index (χ2n) is 4.81. The number of nitrogens with zero attached hydrogens (tertiary/aromatic N) is 2. The predicted octanol–water partition coefficient (Wildman–Crippen LogP) is 0.436. The minimum atomic E-state index is -3.74. The van der Waals surface area contributed by atoms with Crippen molar-refractivity contribution in [1.82, 2.24) is 14.3 Å². The van der Waals surface area contributed by atoms with Gasteiger partial charge in [-0.1, -0.05) is 6.42 Å². The first-order chi connectivity index (χ1) is 8.89. The number of sulfonamides is 1. The molecule has 0 radical (unpaired) electrons. The van der Waals surface area contributed by atoms with E-state index in [2.05, 4.69) is 9.71 Å². The third-order valence-corrected chi connectivity index (χ3v) is 4.90. The van der Waals surface area contributed by atoms with Crippen molar-refractivity contribution in [3.05, 3.63) is 12.5 Å². The Hall–Kier alpha value is -1.41. The molecule has 1 aliphatic carbocycles. The van der Waals surface area contributed by atoms with Crippen LogP contribution in [0.1, 0.15) is 26.2 Å². The Labute approximate surface area is 111 Å². The molecule has 0 unspecified atom stereocenters. The van der Waals surface area contributed by atoms with Crippen molar-refractivity contribution in [1.29, 1.82) is 0 Å².